The lowest BCUT2D eigenvalue weighted by atomic mass is 10.0. The number of ether oxygens (including phenoxy) is 1. The van der Waals surface area contributed by atoms with Gasteiger partial charge in [0.1, 0.15) is 0 Å². The van der Waals surface area contributed by atoms with Crippen molar-refractivity contribution < 1.29 is 24.5 Å². The van der Waals surface area contributed by atoms with Gasteiger partial charge >= 0.3 is 5.97 Å². The maximum Gasteiger partial charge on any atom is 0.305 e. The number of carbonyl (C=O) groups excluding carboxylic acids is 2. The normalized spacial score (nSPS) is 12.6. The second kappa shape index (κ2) is 73.8. The maximum absolute atomic E-state index is 12.6. The molecule has 0 heterocycles. The van der Waals surface area contributed by atoms with Crippen molar-refractivity contribution >= 4 is 11.9 Å². The molecular formula is C78H151NO5. The molecule has 0 aliphatic carbocycles. The second-order valence-electron chi connectivity index (χ2n) is 26.7. The molecule has 0 saturated heterocycles. The lowest BCUT2D eigenvalue weighted by Gasteiger charge is -2.22. The van der Waals surface area contributed by atoms with Crippen molar-refractivity contribution in [2.45, 2.75) is 450 Å². The molecule has 0 bridgehead atoms. The zero-order valence-corrected chi connectivity index (χ0v) is 57.2. The van der Waals surface area contributed by atoms with Crippen LogP contribution in [0.5, 0.6) is 0 Å². The number of hydrogen-bond acceptors (Lipinski definition) is 5. The Morgan fingerprint density at radius 3 is 0.929 bits per heavy atom. The molecule has 6 heteroatoms. The minimum absolute atomic E-state index is 0.0120. The second-order valence-corrected chi connectivity index (χ2v) is 26.7. The predicted octanol–water partition coefficient (Wildman–Crippen LogP) is 25.3. The fourth-order valence-electron chi connectivity index (χ4n) is 12.4. The van der Waals surface area contributed by atoms with Gasteiger partial charge in [0.05, 0.1) is 25.4 Å². The van der Waals surface area contributed by atoms with Gasteiger partial charge in [-0.15, -0.1) is 0 Å². The van der Waals surface area contributed by atoms with Crippen LogP contribution in [-0.2, 0) is 14.3 Å². The van der Waals surface area contributed by atoms with E-state index in [0.29, 0.717) is 25.9 Å². The van der Waals surface area contributed by atoms with Crippen molar-refractivity contribution in [3.8, 4) is 0 Å². The number of aliphatic hydroxyl groups excluding tert-OH is 2. The molecule has 0 saturated carbocycles. The summed E-state index contributed by atoms with van der Waals surface area (Å²) in [6.45, 7) is 4.98. The van der Waals surface area contributed by atoms with Gasteiger partial charge in [0.2, 0.25) is 5.91 Å². The van der Waals surface area contributed by atoms with Gasteiger partial charge in [0.25, 0.3) is 0 Å². The van der Waals surface area contributed by atoms with Crippen LogP contribution in [0.1, 0.15) is 438 Å². The van der Waals surface area contributed by atoms with Crippen molar-refractivity contribution in [2.75, 3.05) is 13.2 Å². The zero-order valence-electron chi connectivity index (χ0n) is 57.2. The average Bonchev–Trinajstić information content (AvgIpc) is 3.51. The Balaban J connectivity index is 3.36. The molecule has 0 aromatic rings. The number of aliphatic hydroxyl groups is 2. The van der Waals surface area contributed by atoms with E-state index in [2.05, 4.69) is 43.5 Å². The Labute approximate surface area is 526 Å². The Morgan fingerprint density at radius 1 is 0.333 bits per heavy atom. The smallest absolute Gasteiger partial charge is 0.305 e. The Morgan fingerprint density at radius 2 is 0.595 bits per heavy atom. The first-order valence-corrected chi connectivity index (χ1v) is 38.6. The molecule has 84 heavy (non-hydrogen) atoms. The van der Waals surface area contributed by atoms with Crippen LogP contribution < -0.4 is 5.32 Å². The van der Waals surface area contributed by atoms with Crippen molar-refractivity contribution in [2.24, 2.45) is 0 Å². The minimum Gasteiger partial charge on any atom is -0.466 e. The number of unbranched alkanes of at least 4 members (excludes halogenated alkanes) is 58. The molecule has 6 nitrogen and oxygen atoms in total. The van der Waals surface area contributed by atoms with Crippen LogP contribution in [0.4, 0.5) is 0 Å². The van der Waals surface area contributed by atoms with Gasteiger partial charge in [-0.05, 0) is 57.8 Å². The highest BCUT2D eigenvalue weighted by Gasteiger charge is 2.20. The highest BCUT2D eigenvalue weighted by Crippen LogP contribution is 2.20. The van der Waals surface area contributed by atoms with Gasteiger partial charge in [-0.1, -0.05) is 391 Å². The highest BCUT2D eigenvalue weighted by atomic mass is 16.5. The number of nitrogens with one attached hydrogen (secondary N) is 1. The van der Waals surface area contributed by atoms with Crippen LogP contribution in [0, 0.1) is 0 Å². The van der Waals surface area contributed by atoms with Crippen LogP contribution in [0.2, 0.25) is 0 Å². The first kappa shape index (κ1) is 82.3. The molecule has 0 aliphatic rings. The van der Waals surface area contributed by atoms with E-state index in [4.69, 9.17) is 4.74 Å². The molecule has 0 aromatic heterocycles. The molecule has 498 valence electrons. The summed E-state index contributed by atoms with van der Waals surface area (Å²) < 4.78 is 5.51. The minimum atomic E-state index is -0.666. The summed E-state index contributed by atoms with van der Waals surface area (Å²) in [4.78, 5) is 24.7. The molecule has 2 atom stereocenters. The van der Waals surface area contributed by atoms with Crippen molar-refractivity contribution in [3.63, 3.8) is 0 Å². The first-order valence-electron chi connectivity index (χ1n) is 38.6. The zero-order chi connectivity index (χ0) is 60.6. The van der Waals surface area contributed by atoms with E-state index >= 15 is 0 Å². The highest BCUT2D eigenvalue weighted by molar-refractivity contribution is 5.76. The molecule has 1 amide bonds. The average molecular weight is 1180 g/mol. The fraction of sp³-hybridized carbons (Fsp3) is 0.923. The van der Waals surface area contributed by atoms with Gasteiger partial charge in [0, 0.05) is 12.8 Å². The number of carbonyl (C=O) groups is 2. The molecular weight excluding hydrogens is 1030 g/mol. The van der Waals surface area contributed by atoms with Gasteiger partial charge in [-0.3, -0.25) is 9.59 Å². The number of rotatable bonds is 73. The van der Waals surface area contributed by atoms with E-state index in [9.17, 15) is 19.8 Å². The third kappa shape index (κ3) is 69.4. The standard InChI is InChI=1S/C78H151NO5/c1-3-5-7-9-11-13-15-17-19-21-23-24-25-26-28-31-35-38-42-46-50-54-58-62-66-70-76(81)75(74-80)79-77(82)71-67-63-59-55-51-47-43-39-36-32-29-27-30-33-37-41-45-49-53-57-61-65-69-73-84-78(83)72-68-64-60-56-52-48-44-40-34-22-20-18-16-14-12-10-8-6-4-2/h12,14,18,20,75-76,80-81H,3-11,13,15-17,19,21-74H2,1-2H3,(H,79,82)/b14-12-,20-18-. The summed E-state index contributed by atoms with van der Waals surface area (Å²) in [5.41, 5.74) is 0. The van der Waals surface area contributed by atoms with Crippen molar-refractivity contribution in [3.05, 3.63) is 24.3 Å². The lowest BCUT2D eigenvalue weighted by Crippen LogP contribution is -2.45. The van der Waals surface area contributed by atoms with Crippen LogP contribution in [0.25, 0.3) is 0 Å². The monoisotopic (exact) mass is 1180 g/mol. The van der Waals surface area contributed by atoms with E-state index in [0.717, 1.165) is 51.4 Å². The SMILES string of the molecule is CCCCC/C=C\C/C=C\CCCCCCCCCCCC(=O)OCCCCCCCCCCCCCCCCCCCCCCCCCC(=O)NC(CO)C(O)CCCCCCCCCCCCCCCCCCCCCCCCCCC. The Hall–Kier alpha value is -1.66. The largest absolute Gasteiger partial charge is 0.466 e. The lowest BCUT2D eigenvalue weighted by molar-refractivity contribution is -0.143. The quantitative estimate of drug-likeness (QED) is 0.0320. The van der Waals surface area contributed by atoms with Crippen LogP contribution in [0.15, 0.2) is 24.3 Å². The molecule has 0 fully saturated rings. The Bertz CT molecular complexity index is 1320. The number of allylic oxidation sites excluding steroid dienone is 4. The van der Waals surface area contributed by atoms with E-state index in [-0.39, 0.29) is 18.5 Å². The van der Waals surface area contributed by atoms with Gasteiger partial charge < -0.3 is 20.3 Å². The topological polar surface area (TPSA) is 95.9 Å². The van der Waals surface area contributed by atoms with Crippen LogP contribution in [-0.4, -0.2) is 47.4 Å². The molecule has 0 rings (SSSR count). The van der Waals surface area contributed by atoms with Gasteiger partial charge in [0.15, 0.2) is 0 Å². The molecule has 0 aromatic carbocycles. The molecule has 3 N–H and O–H groups in total. The predicted molar refractivity (Wildman–Crippen MR) is 370 cm³/mol. The summed E-state index contributed by atoms with van der Waals surface area (Å²) in [5.74, 6) is -0.0168. The van der Waals surface area contributed by atoms with Crippen LogP contribution in [0.3, 0.4) is 0 Å². The third-order valence-corrected chi connectivity index (χ3v) is 18.3. The first-order chi connectivity index (χ1) is 41.5. The number of amides is 1. The molecule has 0 radical (unpaired) electrons. The van der Waals surface area contributed by atoms with E-state index in [1.54, 1.807) is 0 Å². The summed E-state index contributed by atoms with van der Waals surface area (Å²) in [7, 11) is 0. The summed E-state index contributed by atoms with van der Waals surface area (Å²) in [6, 6.07) is -0.543. The summed E-state index contributed by atoms with van der Waals surface area (Å²) >= 11 is 0. The van der Waals surface area contributed by atoms with E-state index in [1.165, 1.54) is 353 Å². The third-order valence-electron chi connectivity index (χ3n) is 18.3. The number of hydrogen-bond donors (Lipinski definition) is 3. The van der Waals surface area contributed by atoms with E-state index < -0.39 is 12.1 Å². The summed E-state index contributed by atoms with van der Waals surface area (Å²) in [5, 5.41) is 23.5. The van der Waals surface area contributed by atoms with Gasteiger partial charge in [-0.2, -0.15) is 0 Å². The fourth-order valence-corrected chi connectivity index (χ4v) is 12.4. The molecule has 0 aliphatic heterocycles. The molecule has 0 spiro atoms. The van der Waals surface area contributed by atoms with Crippen molar-refractivity contribution in [1.82, 2.24) is 5.32 Å². The molecule has 2 unspecified atom stereocenters. The van der Waals surface area contributed by atoms with E-state index in [1.807, 2.05) is 0 Å². The van der Waals surface area contributed by atoms with Crippen LogP contribution >= 0.6 is 0 Å². The van der Waals surface area contributed by atoms with Crippen molar-refractivity contribution in [1.29, 1.82) is 0 Å². The van der Waals surface area contributed by atoms with Gasteiger partial charge in [-0.25, -0.2) is 0 Å². The number of esters is 1. The Kier molecular flexibility index (Phi) is 72.3. The maximum atomic E-state index is 12.6. The summed E-state index contributed by atoms with van der Waals surface area (Å²) in [6.07, 6.45) is 93.9.